The zero-order chi connectivity index (χ0) is 17.6. The van der Waals surface area contributed by atoms with Crippen molar-refractivity contribution in [3.63, 3.8) is 0 Å². The van der Waals surface area contributed by atoms with Gasteiger partial charge in [0.25, 0.3) is 0 Å². The fourth-order valence-electron chi connectivity index (χ4n) is 2.41. The van der Waals surface area contributed by atoms with Crippen LogP contribution in [0, 0.1) is 0 Å². The summed E-state index contributed by atoms with van der Waals surface area (Å²) in [6.45, 7) is 0. The fraction of sp³-hybridized carbons (Fsp3) is 0.105. The summed E-state index contributed by atoms with van der Waals surface area (Å²) >= 11 is 0. The van der Waals surface area contributed by atoms with Crippen LogP contribution in [0.15, 0.2) is 71.3 Å². The minimum atomic E-state index is -1.12. The molecule has 0 aliphatic rings. The molecule has 0 bridgehead atoms. The van der Waals surface area contributed by atoms with Crippen molar-refractivity contribution in [1.29, 1.82) is 0 Å². The molecule has 126 valence electrons. The van der Waals surface area contributed by atoms with Gasteiger partial charge in [0.15, 0.2) is 6.04 Å². The molecular weight excluding hydrogens is 320 g/mol. The van der Waals surface area contributed by atoms with Crippen LogP contribution >= 0.6 is 0 Å². The van der Waals surface area contributed by atoms with Gasteiger partial charge in [-0.3, -0.25) is 4.79 Å². The predicted octanol–water partition coefficient (Wildman–Crippen LogP) is 2.83. The van der Waals surface area contributed by atoms with E-state index in [1.807, 2.05) is 30.3 Å². The first-order valence-corrected chi connectivity index (χ1v) is 7.70. The molecule has 1 heterocycles. The van der Waals surface area contributed by atoms with Gasteiger partial charge in [0.05, 0.1) is 12.1 Å². The van der Waals surface area contributed by atoms with E-state index in [-0.39, 0.29) is 6.42 Å². The van der Waals surface area contributed by atoms with Gasteiger partial charge in [0.1, 0.15) is 6.26 Å². The molecule has 6 nitrogen and oxygen atoms in total. The highest BCUT2D eigenvalue weighted by atomic mass is 16.4. The van der Waals surface area contributed by atoms with E-state index in [1.165, 1.54) is 6.26 Å². The van der Waals surface area contributed by atoms with E-state index in [0.29, 0.717) is 17.1 Å². The number of hydrogen-bond acceptors (Lipinski definition) is 4. The monoisotopic (exact) mass is 336 g/mol. The predicted molar refractivity (Wildman–Crippen MR) is 90.6 cm³/mol. The molecule has 3 aromatic rings. The molecule has 1 atom stereocenters. The number of carbonyl (C=O) groups is 2. The number of aliphatic carboxylic acids is 1. The first-order valence-electron chi connectivity index (χ1n) is 7.70. The van der Waals surface area contributed by atoms with Gasteiger partial charge in [-0.05, 0) is 17.7 Å². The van der Waals surface area contributed by atoms with Crippen molar-refractivity contribution in [2.75, 3.05) is 0 Å². The minimum Gasteiger partial charge on any atom is -0.479 e. The molecule has 0 saturated carbocycles. The molecule has 0 saturated heterocycles. The first kappa shape index (κ1) is 16.4. The van der Waals surface area contributed by atoms with E-state index < -0.39 is 17.9 Å². The first-order chi connectivity index (χ1) is 12.1. The van der Waals surface area contributed by atoms with Crippen molar-refractivity contribution < 1.29 is 19.1 Å². The van der Waals surface area contributed by atoms with E-state index >= 15 is 0 Å². The summed E-state index contributed by atoms with van der Waals surface area (Å²) < 4.78 is 5.38. The summed E-state index contributed by atoms with van der Waals surface area (Å²) in [5.41, 5.74) is 1.75. The summed E-state index contributed by atoms with van der Waals surface area (Å²) in [4.78, 5) is 27.9. The highest BCUT2D eigenvalue weighted by molar-refractivity contribution is 5.85. The van der Waals surface area contributed by atoms with Crippen LogP contribution in [-0.4, -0.2) is 22.0 Å². The number of nitrogens with one attached hydrogen (secondary N) is 1. The Kier molecular flexibility index (Phi) is 4.89. The number of carboxylic acid groups (broad SMARTS) is 1. The average Bonchev–Trinajstić information content (AvgIpc) is 3.09. The number of hydrogen-bond donors (Lipinski definition) is 2. The quantitative estimate of drug-likeness (QED) is 0.722. The summed E-state index contributed by atoms with van der Waals surface area (Å²) in [5, 5.41) is 11.9. The third-order valence-corrected chi connectivity index (χ3v) is 3.60. The van der Waals surface area contributed by atoms with E-state index in [0.717, 1.165) is 5.56 Å². The second-order valence-corrected chi connectivity index (χ2v) is 5.44. The normalized spacial score (nSPS) is 11.7. The number of rotatable bonds is 6. The van der Waals surface area contributed by atoms with E-state index in [2.05, 4.69) is 10.3 Å². The summed E-state index contributed by atoms with van der Waals surface area (Å²) in [5.74, 6) is -1.14. The Hall–Kier alpha value is -3.41. The Balaban J connectivity index is 1.68. The molecule has 0 aliphatic carbocycles. The fourth-order valence-corrected chi connectivity index (χ4v) is 2.41. The SMILES string of the molecule is O=C(Cc1coc(-c2ccccc2)n1)N[C@H](C(=O)O)c1ccccc1. The average molecular weight is 336 g/mol. The zero-order valence-electron chi connectivity index (χ0n) is 13.3. The van der Waals surface area contributed by atoms with Crippen molar-refractivity contribution in [3.05, 3.63) is 78.2 Å². The molecule has 2 aromatic carbocycles. The number of carboxylic acids is 1. The molecule has 1 amide bonds. The second-order valence-electron chi connectivity index (χ2n) is 5.44. The summed E-state index contributed by atoms with van der Waals surface area (Å²) in [6.07, 6.45) is 1.34. The lowest BCUT2D eigenvalue weighted by Crippen LogP contribution is -2.34. The van der Waals surface area contributed by atoms with Gasteiger partial charge < -0.3 is 14.8 Å². The van der Waals surface area contributed by atoms with E-state index in [1.54, 1.807) is 30.3 Å². The van der Waals surface area contributed by atoms with Crippen LogP contribution in [0.4, 0.5) is 0 Å². The smallest absolute Gasteiger partial charge is 0.330 e. The Morgan fingerprint density at radius 3 is 2.32 bits per heavy atom. The van der Waals surface area contributed by atoms with Crippen LogP contribution in [0.5, 0.6) is 0 Å². The van der Waals surface area contributed by atoms with Crippen molar-refractivity contribution in [2.45, 2.75) is 12.5 Å². The van der Waals surface area contributed by atoms with E-state index in [9.17, 15) is 14.7 Å². The highest BCUT2D eigenvalue weighted by Crippen LogP contribution is 2.18. The van der Waals surface area contributed by atoms with Crippen molar-refractivity contribution in [2.24, 2.45) is 0 Å². The van der Waals surface area contributed by atoms with Gasteiger partial charge in [-0.25, -0.2) is 9.78 Å². The van der Waals surface area contributed by atoms with Gasteiger partial charge in [-0.2, -0.15) is 0 Å². The number of amides is 1. The van der Waals surface area contributed by atoms with Crippen molar-refractivity contribution in [1.82, 2.24) is 10.3 Å². The summed E-state index contributed by atoms with van der Waals surface area (Å²) in [6, 6.07) is 16.8. The Morgan fingerprint density at radius 2 is 1.68 bits per heavy atom. The van der Waals surface area contributed by atoms with Crippen LogP contribution < -0.4 is 5.32 Å². The van der Waals surface area contributed by atoms with Crippen molar-refractivity contribution >= 4 is 11.9 Å². The minimum absolute atomic E-state index is 0.0626. The number of benzene rings is 2. The topological polar surface area (TPSA) is 92.4 Å². The molecule has 25 heavy (non-hydrogen) atoms. The number of carbonyl (C=O) groups excluding carboxylic acids is 1. The van der Waals surface area contributed by atoms with Gasteiger partial charge in [-0.15, -0.1) is 0 Å². The second kappa shape index (κ2) is 7.44. The van der Waals surface area contributed by atoms with Crippen LogP contribution in [0.2, 0.25) is 0 Å². The maximum absolute atomic E-state index is 12.2. The molecular formula is C19H16N2O4. The summed E-state index contributed by atoms with van der Waals surface area (Å²) in [7, 11) is 0. The van der Waals surface area contributed by atoms with Crippen LogP contribution in [0.25, 0.3) is 11.5 Å². The van der Waals surface area contributed by atoms with Crippen LogP contribution in [0.3, 0.4) is 0 Å². The maximum Gasteiger partial charge on any atom is 0.330 e. The third kappa shape index (κ3) is 4.11. The van der Waals surface area contributed by atoms with Gasteiger partial charge in [-0.1, -0.05) is 48.5 Å². The Labute approximate surface area is 144 Å². The lowest BCUT2D eigenvalue weighted by Gasteiger charge is -2.14. The van der Waals surface area contributed by atoms with E-state index in [4.69, 9.17) is 4.42 Å². The van der Waals surface area contributed by atoms with Gasteiger partial charge in [0.2, 0.25) is 11.8 Å². The lowest BCUT2D eigenvalue weighted by atomic mass is 10.1. The third-order valence-electron chi connectivity index (χ3n) is 3.60. The molecule has 0 aliphatic heterocycles. The molecule has 2 N–H and O–H groups in total. The molecule has 0 fully saturated rings. The standard InChI is InChI=1S/C19H16N2O4/c22-16(21-17(19(23)24)13-7-3-1-4-8-13)11-15-12-25-18(20-15)14-9-5-2-6-10-14/h1-10,12,17H,11H2,(H,21,22)(H,23,24)/t17-/m0/s1. The van der Waals surface area contributed by atoms with Crippen molar-refractivity contribution in [3.8, 4) is 11.5 Å². The number of nitrogens with zero attached hydrogens (tertiary/aromatic N) is 1. The Morgan fingerprint density at radius 1 is 1.04 bits per heavy atom. The zero-order valence-corrected chi connectivity index (χ0v) is 13.3. The molecule has 6 heteroatoms. The molecule has 3 rings (SSSR count). The van der Waals surface area contributed by atoms with Gasteiger partial charge >= 0.3 is 5.97 Å². The molecule has 0 spiro atoms. The molecule has 0 radical (unpaired) electrons. The highest BCUT2D eigenvalue weighted by Gasteiger charge is 2.22. The number of oxazole rings is 1. The van der Waals surface area contributed by atoms with Crippen LogP contribution in [-0.2, 0) is 16.0 Å². The van der Waals surface area contributed by atoms with Crippen LogP contribution in [0.1, 0.15) is 17.3 Å². The van der Waals surface area contributed by atoms with Gasteiger partial charge in [0, 0.05) is 5.56 Å². The Bertz CT molecular complexity index is 859. The largest absolute Gasteiger partial charge is 0.479 e. The molecule has 0 unspecified atom stereocenters. The number of aromatic nitrogens is 1. The maximum atomic E-state index is 12.2. The molecule has 1 aromatic heterocycles. The lowest BCUT2D eigenvalue weighted by molar-refractivity contribution is -0.142.